The van der Waals surface area contributed by atoms with Crippen LogP contribution in [-0.2, 0) is 0 Å². The Morgan fingerprint density at radius 3 is 2.06 bits per heavy atom. The maximum absolute atomic E-state index is 8.58. The van der Waals surface area contributed by atoms with Crippen LogP contribution >= 0.6 is 11.6 Å². The van der Waals surface area contributed by atoms with Gasteiger partial charge in [0.2, 0.25) is 0 Å². The standard InChI is InChI=1S/C30H19ClO/c31-27-12-7-13-28-29(27)26-19-24(18-25(30(26)32-28)23-10-5-2-6-11-23)22-16-14-21(15-17-22)20-8-3-1-4-9-20/h1-19H/i2D,5D,6D,10D,11D. The van der Waals surface area contributed by atoms with Crippen molar-refractivity contribution in [1.82, 2.24) is 0 Å². The number of hydrogen-bond donors (Lipinski definition) is 0. The quantitative estimate of drug-likeness (QED) is 0.270. The molecule has 1 aromatic heterocycles. The highest BCUT2D eigenvalue weighted by molar-refractivity contribution is 6.38. The topological polar surface area (TPSA) is 13.1 Å². The van der Waals surface area contributed by atoms with Crippen molar-refractivity contribution in [3.63, 3.8) is 0 Å². The van der Waals surface area contributed by atoms with E-state index in [1.54, 1.807) is 18.2 Å². The SMILES string of the molecule is [2H]c1c([2H])c([2H])c(-c2cc(-c3ccc(-c4ccccc4)cc3)cc3c2oc2cccc(Cl)c23)c([2H])c1[2H]. The van der Waals surface area contributed by atoms with Crippen LogP contribution in [0.2, 0.25) is 5.02 Å². The van der Waals surface area contributed by atoms with Gasteiger partial charge in [0.25, 0.3) is 0 Å². The molecule has 0 saturated heterocycles. The molecule has 6 rings (SSSR count). The van der Waals surface area contributed by atoms with Crippen LogP contribution in [0.15, 0.2) is 120 Å². The van der Waals surface area contributed by atoms with E-state index in [9.17, 15) is 0 Å². The molecular formula is C30H19ClO. The smallest absolute Gasteiger partial charge is 0.143 e. The molecule has 0 bridgehead atoms. The highest BCUT2D eigenvalue weighted by Gasteiger charge is 2.16. The Morgan fingerprint density at radius 2 is 1.31 bits per heavy atom. The zero-order chi connectivity index (χ0) is 25.8. The molecule has 0 radical (unpaired) electrons. The predicted octanol–water partition coefficient (Wildman–Crippen LogP) is 9.24. The van der Waals surface area contributed by atoms with Gasteiger partial charge in [0, 0.05) is 16.3 Å². The zero-order valence-corrected chi connectivity index (χ0v) is 17.6. The normalized spacial score (nSPS) is 13.5. The van der Waals surface area contributed by atoms with Gasteiger partial charge in [-0.1, -0.05) is 102 Å². The van der Waals surface area contributed by atoms with Crippen LogP contribution in [0.4, 0.5) is 0 Å². The van der Waals surface area contributed by atoms with Gasteiger partial charge in [-0.15, -0.1) is 0 Å². The van der Waals surface area contributed by atoms with Gasteiger partial charge < -0.3 is 4.42 Å². The zero-order valence-electron chi connectivity index (χ0n) is 21.9. The largest absolute Gasteiger partial charge is 0.455 e. The summed E-state index contributed by atoms with van der Waals surface area (Å²) in [5, 5.41) is 1.95. The minimum Gasteiger partial charge on any atom is -0.455 e. The van der Waals surface area contributed by atoms with Crippen LogP contribution in [0.25, 0.3) is 55.3 Å². The monoisotopic (exact) mass is 435 g/mol. The lowest BCUT2D eigenvalue weighted by Crippen LogP contribution is -1.84. The van der Waals surface area contributed by atoms with Crippen molar-refractivity contribution in [2.24, 2.45) is 0 Å². The van der Waals surface area contributed by atoms with Crippen molar-refractivity contribution < 1.29 is 11.3 Å². The lowest BCUT2D eigenvalue weighted by atomic mass is 9.94. The van der Waals surface area contributed by atoms with Gasteiger partial charge in [-0.05, 0) is 52.1 Å². The van der Waals surface area contributed by atoms with E-state index in [-0.39, 0.29) is 17.6 Å². The lowest BCUT2D eigenvalue weighted by molar-refractivity contribution is 0.670. The summed E-state index contributed by atoms with van der Waals surface area (Å²) in [4.78, 5) is 0. The van der Waals surface area contributed by atoms with E-state index in [0.717, 1.165) is 27.6 Å². The van der Waals surface area contributed by atoms with E-state index in [2.05, 4.69) is 12.1 Å². The fourth-order valence-corrected chi connectivity index (χ4v) is 4.38. The van der Waals surface area contributed by atoms with E-state index in [0.29, 0.717) is 27.1 Å². The molecule has 2 heteroatoms. The van der Waals surface area contributed by atoms with Crippen molar-refractivity contribution in [3.05, 3.63) is 120 Å². The fourth-order valence-electron chi connectivity index (χ4n) is 4.11. The number of halogens is 1. The first-order chi connectivity index (χ1) is 17.8. The molecule has 0 atom stereocenters. The number of benzene rings is 5. The summed E-state index contributed by atoms with van der Waals surface area (Å²) in [5.74, 6) is 0. The molecule has 152 valence electrons. The molecule has 0 saturated carbocycles. The van der Waals surface area contributed by atoms with Crippen LogP contribution in [0.3, 0.4) is 0 Å². The Morgan fingerprint density at radius 1 is 0.625 bits per heavy atom. The first kappa shape index (κ1) is 14.3. The molecule has 0 unspecified atom stereocenters. The van der Waals surface area contributed by atoms with Gasteiger partial charge in [0.15, 0.2) is 0 Å². The molecule has 0 N–H and O–H groups in total. The maximum Gasteiger partial charge on any atom is 0.143 e. The second-order valence-electron chi connectivity index (χ2n) is 7.56. The van der Waals surface area contributed by atoms with Crippen LogP contribution in [0, 0.1) is 0 Å². The van der Waals surface area contributed by atoms with Gasteiger partial charge >= 0.3 is 0 Å². The van der Waals surface area contributed by atoms with Crippen molar-refractivity contribution in [2.75, 3.05) is 0 Å². The van der Waals surface area contributed by atoms with Gasteiger partial charge in [0.1, 0.15) is 11.2 Å². The lowest BCUT2D eigenvalue weighted by Gasteiger charge is -2.09. The average Bonchev–Trinajstić information content (AvgIpc) is 3.31. The van der Waals surface area contributed by atoms with Crippen LogP contribution in [0.5, 0.6) is 0 Å². The minimum atomic E-state index is -0.435. The Balaban J connectivity index is 1.65. The molecule has 1 nitrogen and oxygen atoms in total. The number of rotatable bonds is 3. The molecular weight excluding hydrogens is 412 g/mol. The third-order valence-electron chi connectivity index (χ3n) is 5.64. The molecule has 0 aliphatic heterocycles. The summed E-state index contributed by atoms with van der Waals surface area (Å²) in [6.45, 7) is 0. The van der Waals surface area contributed by atoms with Gasteiger partial charge in [-0.3, -0.25) is 0 Å². The predicted molar refractivity (Wildman–Crippen MR) is 135 cm³/mol. The van der Waals surface area contributed by atoms with Crippen molar-refractivity contribution >= 4 is 33.5 Å². The summed E-state index contributed by atoms with van der Waals surface area (Å²) in [7, 11) is 0. The van der Waals surface area contributed by atoms with Crippen LogP contribution in [-0.4, -0.2) is 0 Å². The van der Waals surface area contributed by atoms with E-state index in [1.807, 2.05) is 54.6 Å². The highest BCUT2D eigenvalue weighted by Crippen LogP contribution is 2.41. The molecule has 5 aromatic carbocycles. The Hall–Kier alpha value is -3.81. The Kier molecular flexibility index (Phi) is 3.44. The molecule has 6 aromatic rings. The van der Waals surface area contributed by atoms with E-state index in [1.165, 1.54) is 0 Å². The molecule has 0 spiro atoms. The summed E-state index contributed by atoms with van der Waals surface area (Å²) in [5.41, 5.74) is 5.41. The molecule has 0 amide bonds. The number of fused-ring (bicyclic) bond motifs is 3. The molecule has 32 heavy (non-hydrogen) atoms. The van der Waals surface area contributed by atoms with E-state index < -0.39 is 18.1 Å². The van der Waals surface area contributed by atoms with Crippen molar-refractivity contribution in [1.29, 1.82) is 0 Å². The van der Waals surface area contributed by atoms with Crippen LogP contribution in [0.1, 0.15) is 6.85 Å². The first-order valence-electron chi connectivity index (χ1n) is 12.7. The summed E-state index contributed by atoms with van der Waals surface area (Å²) >= 11 is 6.58. The summed E-state index contributed by atoms with van der Waals surface area (Å²) in [6, 6.07) is 25.6. The maximum atomic E-state index is 8.58. The highest BCUT2D eigenvalue weighted by atomic mass is 35.5. The van der Waals surface area contributed by atoms with E-state index >= 15 is 0 Å². The minimum absolute atomic E-state index is 0.0916. The van der Waals surface area contributed by atoms with E-state index in [4.69, 9.17) is 22.9 Å². The van der Waals surface area contributed by atoms with Gasteiger partial charge in [0.05, 0.1) is 11.9 Å². The number of furan rings is 1. The third-order valence-corrected chi connectivity index (χ3v) is 5.96. The van der Waals surface area contributed by atoms with Crippen molar-refractivity contribution in [2.45, 2.75) is 0 Å². The second kappa shape index (κ2) is 7.71. The van der Waals surface area contributed by atoms with Crippen molar-refractivity contribution in [3.8, 4) is 33.4 Å². The Bertz CT molecular complexity index is 1800. The Labute approximate surface area is 198 Å². The van der Waals surface area contributed by atoms with Crippen LogP contribution < -0.4 is 0 Å². The second-order valence-corrected chi connectivity index (χ2v) is 7.97. The molecule has 0 fully saturated rings. The average molecular weight is 436 g/mol. The third kappa shape index (κ3) is 3.19. The first-order valence-corrected chi connectivity index (χ1v) is 10.6. The van der Waals surface area contributed by atoms with Gasteiger partial charge in [-0.2, -0.15) is 0 Å². The van der Waals surface area contributed by atoms with Gasteiger partial charge in [-0.25, -0.2) is 0 Å². The summed E-state index contributed by atoms with van der Waals surface area (Å²) < 4.78 is 47.8. The fraction of sp³-hybridized carbons (Fsp3) is 0. The molecule has 1 heterocycles. The number of hydrogen-bond acceptors (Lipinski definition) is 1. The molecule has 0 aliphatic carbocycles. The molecule has 0 aliphatic rings. The summed E-state index contributed by atoms with van der Waals surface area (Å²) in [6.07, 6.45) is 0.